The number of thiophene rings is 2. The number of nitrogens with one attached hydrogen (secondary N) is 1. The third-order valence-electron chi connectivity index (χ3n) is 3.53. The molecule has 0 unspecified atom stereocenters. The summed E-state index contributed by atoms with van der Waals surface area (Å²) in [6, 6.07) is 14.3. The Morgan fingerprint density at radius 1 is 1.08 bits per heavy atom. The van der Waals surface area contributed by atoms with E-state index in [1.165, 1.54) is 29.0 Å². The maximum Gasteiger partial charge on any atom is 0.267 e. The fourth-order valence-corrected chi connectivity index (χ4v) is 5.84. The average Bonchev–Trinajstić information content (AvgIpc) is 3.31. The topological polar surface area (TPSA) is 83.5 Å². The zero-order valence-corrected chi connectivity index (χ0v) is 15.9. The quantitative estimate of drug-likeness (QED) is 0.369. The minimum atomic E-state index is -3.42. The van der Waals surface area contributed by atoms with Crippen LogP contribution in [0, 0.1) is 0 Å². The molecule has 2 N–H and O–H groups in total. The monoisotopic (exact) mass is 405 g/mol. The van der Waals surface area contributed by atoms with Gasteiger partial charge in [0.25, 0.3) is 5.91 Å². The molecule has 0 bridgehead atoms. The molecule has 0 fully saturated rings. The van der Waals surface area contributed by atoms with Crippen molar-refractivity contribution < 1.29 is 18.4 Å². The number of sulfone groups is 1. The first-order valence-electron chi connectivity index (χ1n) is 7.55. The Balaban J connectivity index is 1.73. The molecule has 2 aromatic heterocycles. The largest absolute Gasteiger partial charge is 0.288 e. The molecule has 0 aliphatic rings. The zero-order chi connectivity index (χ0) is 18.6. The Bertz CT molecular complexity index is 1020. The summed E-state index contributed by atoms with van der Waals surface area (Å²) in [6.45, 7) is 0. The Morgan fingerprint density at radius 2 is 1.85 bits per heavy atom. The third kappa shape index (κ3) is 4.47. The zero-order valence-electron chi connectivity index (χ0n) is 13.5. The van der Waals surface area contributed by atoms with Crippen molar-refractivity contribution in [3.05, 3.63) is 71.1 Å². The lowest BCUT2D eigenvalue weighted by atomic mass is 10.1. The Kier molecular flexibility index (Phi) is 5.67. The molecule has 2 heterocycles. The summed E-state index contributed by atoms with van der Waals surface area (Å²) in [4.78, 5) is 13.0. The lowest BCUT2D eigenvalue weighted by Crippen LogP contribution is -2.14. The molecule has 5 nitrogen and oxygen atoms in total. The molecule has 3 rings (SSSR count). The van der Waals surface area contributed by atoms with Crippen LogP contribution in [-0.4, -0.2) is 19.5 Å². The lowest BCUT2D eigenvalue weighted by molar-refractivity contribution is -0.124. The van der Waals surface area contributed by atoms with Gasteiger partial charge in [-0.05, 0) is 40.8 Å². The van der Waals surface area contributed by atoms with E-state index in [9.17, 15) is 13.2 Å². The fraction of sp³-hybridized carbons (Fsp3) is 0.0556. The molecule has 0 radical (unpaired) electrons. The van der Waals surface area contributed by atoms with Gasteiger partial charge in [0.2, 0.25) is 0 Å². The summed E-state index contributed by atoms with van der Waals surface area (Å²) in [5, 5.41) is 10.4. The van der Waals surface area contributed by atoms with Gasteiger partial charge in [-0.1, -0.05) is 30.3 Å². The highest BCUT2D eigenvalue weighted by Gasteiger charge is 2.18. The van der Waals surface area contributed by atoms with Gasteiger partial charge in [0.1, 0.15) is 4.21 Å². The minimum absolute atomic E-state index is 0.0848. The van der Waals surface area contributed by atoms with Crippen molar-refractivity contribution in [1.82, 2.24) is 5.48 Å². The predicted molar refractivity (Wildman–Crippen MR) is 104 cm³/mol. The summed E-state index contributed by atoms with van der Waals surface area (Å²) >= 11 is 2.86. The van der Waals surface area contributed by atoms with Crippen LogP contribution in [0.4, 0.5) is 0 Å². The van der Waals surface area contributed by atoms with Crippen LogP contribution in [-0.2, 0) is 20.4 Å². The van der Waals surface area contributed by atoms with E-state index in [1.54, 1.807) is 41.7 Å². The van der Waals surface area contributed by atoms with Crippen molar-refractivity contribution >= 4 is 44.5 Å². The Hall–Kier alpha value is -2.26. The SMILES string of the molecule is O=C(/C=C/c1ccc(CS(=O)(=O)c2ccc(-c3cccs3)s2)cc1)NO. The second-order valence-corrected chi connectivity index (χ2v) is 9.65. The van der Waals surface area contributed by atoms with Crippen LogP contribution in [0.15, 0.2) is 64.2 Å². The minimum Gasteiger partial charge on any atom is -0.288 e. The Morgan fingerprint density at radius 3 is 2.50 bits per heavy atom. The van der Waals surface area contributed by atoms with E-state index in [0.717, 1.165) is 15.3 Å². The van der Waals surface area contributed by atoms with Crippen LogP contribution in [0.5, 0.6) is 0 Å². The van der Waals surface area contributed by atoms with E-state index < -0.39 is 15.7 Å². The summed E-state index contributed by atoms with van der Waals surface area (Å²) in [6.07, 6.45) is 2.71. The van der Waals surface area contributed by atoms with Gasteiger partial charge in [0.05, 0.1) is 5.75 Å². The maximum atomic E-state index is 12.6. The van der Waals surface area contributed by atoms with Gasteiger partial charge in [0.15, 0.2) is 9.84 Å². The van der Waals surface area contributed by atoms with Crippen molar-refractivity contribution in [2.75, 3.05) is 0 Å². The predicted octanol–water partition coefficient (Wildman–Crippen LogP) is 3.97. The van der Waals surface area contributed by atoms with Gasteiger partial charge in [-0.2, -0.15) is 0 Å². The molecule has 3 aromatic rings. The van der Waals surface area contributed by atoms with Crippen molar-refractivity contribution in [2.24, 2.45) is 0 Å². The number of carbonyl (C=O) groups is 1. The molecule has 0 spiro atoms. The molecule has 0 aliphatic carbocycles. The Labute approximate surface area is 159 Å². The van der Waals surface area contributed by atoms with Crippen molar-refractivity contribution in [1.29, 1.82) is 0 Å². The highest BCUT2D eigenvalue weighted by molar-refractivity contribution is 7.92. The average molecular weight is 406 g/mol. The molecule has 0 saturated carbocycles. The molecule has 0 aliphatic heterocycles. The van der Waals surface area contributed by atoms with Gasteiger partial charge < -0.3 is 0 Å². The molecule has 0 atom stereocenters. The normalized spacial score (nSPS) is 11.7. The second-order valence-electron chi connectivity index (χ2n) is 5.41. The number of hydroxylamine groups is 1. The molecule has 26 heavy (non-hydrogen) atoms. The van der Waals surface area contributed by atoms with Gasteiger partial charge in [-0.3, -0.25) is 10.0 Å². The van der Waals surface area contributed by atoms with E-state index in [2.05, 4.69) is 0 Å². The maximum absolute atomic E-state index is 12.6. The standard InChI is InChI=1S/C18H15NO4S3/c20-17(19-21)9-7-13-3-5-14(6-4-13)12-26(22,23)18-10-8-16(25-18)15-2-1-11-24-15/h1-11,21H,12H2,(H,19,20)/b9-7+. The first kappa shape index (κ1) is 18.5. The van der Waals surface area contributed by atoms with E-state index in [4.69, 9.17) is 5.21 Å². The van der Waals surface area contributed by atoms with Gasteiger partial charge in [-0.25, -0.2) is 13.9 Å². The van der Waals surface area contributed by atoms with Gasteiger partial charge in [0, 0.05) is 15.8 Å². The van der Waals surface area contributed by atoms with Crippen LogP contribution >= 0.6 is 22.7 Å². The van der Waals surface area contributed by atoms with Crippen LogP contribution < -0.4 is 5.48 Å². The van der Waals surface area contributed by atoms with Gasteiger partial charge >= 0.3 is 0 Å². The van der Waals surface area contributed by atoms with Crippen LogP contribution in [0.25, 0.3) is 15.8 Å². The molecule has 1 amide bonds. The molecular weight excluding hydrogens is 390 g/mol. The number of hydrogen-bond acceptors (Lipinski definition) is 6. The highest BCUT2D eigenvalue weighted by Crippen LogP contribution is 2.34. The fourth-order valence-electron chi connectivity index (χ4n) is 2.26. The summed E-state index contributed by atoms with van der Waals surface area (Å²) < 4.78 is 25.6. The highest BCUT2D eigenvalue weighted by atomic mass is 32.2. The van der Waals surface area contributed by atoms with E-state index in [1.807, 2.05) is 23.6 Å². The van der Waals surface area contributed by atoms with Gasteiger partial charge in [-0.15, -0.1) is 22.7 Å². The number of benzene rings is 1. The first-order chi connectivity index (χ1) is 12.5. The summed E-state index contributed by atoms with van der Waals surface area (Å²) in [5.41, 5.74) is 2.90. The third-order valence-corrected chi connectivity index (χ3v) is 7.95. The van der Waals surface area contributed by atoms with Crippen molar-refractivity contribution in [3.8, 4) is 9.75 Å². The van der Waals surface area contributed by atoms with E-state index >= 15 is 0 Å². The number of hydrogen-bond donors (Lipinski definition) is 2. The van der Waals surface area contributed by atoms with Crippen molar-refractivity contribution in [3.63, 3.8) is 0 Å². The molecule has 1 aromatic carbocycles. The number of rotatable bonds is 6. The molecule has 134 valence electrons. The molecule has 0 saturated heterocycles. The summed E-state index contributed by atoms with van der Waals surface area (Å²) in [7, 11) is -3.42. The van der Waals surface area contributed by atoms with E-state index in [0.29, 0.717) is 9.77 Å². The first-order valence-corrected chi connectivity index (χ1v) is 10.9. The van der Waals surface area contributed by atoms with Crippen molar-refractivity contribution in [2.45, 2.75) is 9.96 Å². The van der Waals surface area contributed by atoms with E-state index in [-0.39, 0.29) is 5.75 Å². The number of amides is 1. The smallest absolute Gasteiger partial charge is 0.267 e. The molecular formula is C18H15NO4S3. The summed E-state index contributed by atoms with van der Waals surface area (Å²) in [5.74, 6) is -0.714. The van der Waals surface area contributed by atoms with Crippen LogP contribution in [0.2, 0.25) is 0 Å². The van der Waals surface area contributed by atoms with Crippen LogP contribution in [0.1, 0.15) is 11.1 Å². The number of carbonyl (C=O) groups excluding carboxylic acids is 1. The second kappa shape index (κ2) is 7.96. The van der Waals surface area contributed by atoms with Crippen LogP contribution in [0.3, 0.4) is 0 Å². The molecule has 8 heteroatoms. The lowest BCUT2D eigenvalue weighted by Gasteiger charge is -2.03.